The second-order valence-corrected chi connectivity index (χ2v) is 5.61. The quantitative estimate of drug-likeness (QED) is 0.586. The normalized spacial score (nSPS) is 11.6. The lowest BCUT2D eigenvalue weighted by molar-refractivity contribution is -0.136. The number of hydrogen-bond acceptors (Lipinski definition) is 5. The van der Waals surface area contributed by atoms with E-state index in [1.54, 1.807) is 35.4 Å². The summed E-state index contributed by atoms with van der Waals surface area (Å²) in [7, 11) is 0. The average molecular weight is 369 g/mol. The van der Waals surface area contributed by atoms with Gasteiger partial charge in [-0.15, -0.1) is 0 Å². The summed E-state index contributed by atoms with van der Waals surface area (Å²) in [4.78, 5) is 31.9. The van der Waals surface area contributed by atoms with Crippen molar-refractivity contribution in [1.29, 1.82) is 0 Å². The van der Waals surface area contributed by atoms with Gasteiger partial charge in [-0.25, -0.2) is 14.4 Å². The molecule has 138 valence electrons. The number of anilines is 1. The Labute approximate surface area is 153 Å². The number of benzene rings is 1. The van der Waals surface area contributed by atoms with Gasteiger partial charge < -0.3 is 15.7 Å². The molecular formula is C18H16FN5O3. The number of rotatable bonds is 5. The summed E-state index contributed by atoms with van der Waals surface area (Å²) in [5, 5.41) is 14.7. The first kappa shape index (κ1) is 18.2. The van der Waals surface area contributed by atoms with Crippen molar-refractivity contribution in [2.75, 3.05) is 11.9 Å². The van der Waals surface area contributed by atoms with Gasteiger partial charge in [-0.1, -0.05) is 12.1 Å². The van der Waals surface area contributed by atoms with Gasteiger partial charge in [-0.3, -0.25) is 14.2 Å². The van der Waals surface area contributed by atoms with Crippen LogP contribution in [0, 0.1) is 5.82 Å². The Morgan fingerprint density at radius 3 is 2.74 bits per heavy atom. The molecule has 0 saturated heterocycles. The van der Waals surface area contributed by atoms with Gasteiger partial charge in [-0.2, -0.15) is 0 Å². The SMILES string of the molecule is O=C(NCC(O)c1cccc(F)c1)C(=O)Nc1ccc(-n2ccnc2)nc1. The van der Waals surface area contributed by atoms with Gasteiger partial charge in [-0.05, 0) is 29.8 Å². The van der Waals surface area contributed by atoms with Crippen molar-refractivity contribution in [3.8, 4) is 5.82 Å². The minimum Gasteiger partial charge on any atom is -0.387 e. The summed E-state index contributed by atoms with van der Waals surface area (Å²) in [6.07, 6.45) is 5.19. The molecule has 2 aromatic heterocycles. The molecule has 0 bridgehead atoms. The Hall–Kier alpha value is -3.59. The maximum absolute atomic E-state index is 13.1. The van der Waals surface area contributed by atoms with Crippen molar-refractivity contribution in [3.05, 3.63) is 72.7 Å². The van der Waals surface area contributed by atoms with E-state index in [0.717, 1.165) is 6.07 Å². The Balaban J connectivity index is 1.52. The summed E-state index contributed by atoms with van der Waals surface area (Å²) in [6.45, 7) is -0.229. The van der Waals surface area contributed by atoms with E-state index in [1.807, 2.05) is 0 Å². The maximum Gasteiger partial charge on any atom is 0.313 e. The number of amides is 2. The number of carbonyl (C=O) groups excluding carboxylic acids is 2. The Morgan fingerprint density at radius 1 is 1.22 bits per heavy atom. The van der Waals surface area contributed by atoms with Crippen LogP contribution in [0.1, 0.15) is 11.7 Å². The van der Waals surface area contributed by atoms with E-state index in [9.17, 15) is 19.1 Å². The fourth-order valence-electron chi connectivity index (χ4n) is 2.30. The van der Waals surface area contributed by atoms with Crippen LogP contribution in [0.25, 0.3) is 5.82 Å². The fourth-order valence-corrected chi connectivity index (χ4v) is 2.30. The molecule has 3 rings (SSSR count). The Kier molecular flexibility index (Phi) is 5.53. The molecule has 8 nitrogen and oxygen atoms in total. The molecule has 1 aromatic carbocycles. The van der Waals surface area contributed by atoms with Crippen LogP contribution in [0.4, 0.5) is 10.1 Å². The Bertz CT molecular complexity index is 928. The van der Waals surface area contributed by atoms with Crippen LogP contribution in [0.3, 0.4) is 0 Å². The van der Waals surface area contributed by atoms with Gasteiger partial charge in [0.25, 0.3) is 0 Å². The first-order chi connectivity index (χ1) is 13.0. The molecule has 0 aliphatic carbocycles. The lowest BCUT2D eigenvalue weighted by Crippen LogP contribution is -2.37. The predicted octanol–water partition coefficient (Wildman–Crippen LogP) is 1.19. The second-order valence-electron chi connectivity index (χ2n) is 5.61. The number of pyridine rings is 1. The third-order valence-electron chi connectivity index (χ3n) is 3.67. The minimum atomic E-state index is -1.13. The molecule has 2 heterocycles. The van der Waals surface area contributed by atoms with Crippen LogP contribution < -0.4 is 10.6 Å². The van der Waals surface area contributed by atoms with Crippen molar-refractivity contribution < 1.29 is 19.1 Å². The van der Waals surface area contributed by atoms with E-state index in [1.165, 1.54) is 24.4 Å². The highest BCUT2D eigenvalue weighted by molar-refractivity contribution is 6.39. The standard InChI is InChI=1S/C18H16FN5O3/c19-13-3-1-2-12(8-13)15(25)10-22-17(26)18(27)23-14-4-5-16(21-9-14)24-7-6-20-11-24/h1-9,11,15,25H,10H2,(H,22,26)(H,23,27). The third kappa shape index (κ3) is 4.73. The lowest BCUT2D eigenvalue weighted by atomic mass is 10.1. The van der Waals surface area contributed by atoms with Crippen LogP contribution in [0.15, 0.2) is 61.3 Å². The number of imidazole rings is 1. The number of halogens is 1. The molecule has 27 heavy (non-hydrogen) atoms. The molecule has 0 fully saturated rings. The second kappa shape index (κ2) is 8.19. The van der Waals surface area contributed by atoms with Crippen molar-refractivity contribution >= 4 is 17.5 Å². The molecule has 1 atom stereocenters. The summed E-state index contributed by atoms with van der Waals surface area (Å²) in [6, 6.07) is 8.62. The summed E-state index contributed by atoms with van der Waals surface area (Å²) in [5.41, 5.74) is 0.639. The highest BCUT2D eigenvalue weighted by Crippen LogP contribution is 2.13. The lowest BCUT2D eigenvalue weighted by Gasteiger charge is -2.12. The van der Waals surface area contributed by atoms with Gasteiger partial charge in [0.15, 0.2) is 0 Å². The summed E-state index contributed by atoms with van der Waals surface area (Å²) in [5.74, 6) is -1.72. The van der Waals surface area contributed by atoms with Crippen LogP contribution >= 0.6 is 0 Å². The fraction of sp³-hybridized carbons (Fsp3) is 0.111. The van der Waals surface area contributed by atoms with Crippen LogP contribution in [-0.4, -0.2) is 38.0 Å². The first-order valence-corrected chi connectivity index (χ1v) is 8.00. The smallest absolute Gasteiger partial charge is 0.313 e. The van der Waals surface area contributed by atoms with E-state index in [-0.39, 0.29) is 6.54 Å². The number of nitrogens with one attached hydrogen (secondary N) is 2. The number of aromatic nitrogens is 3. The van der Waals surface area contributed by atoms with E-state index in [0.29, 0.717) is 17.1 Å². The Morgan fingerprint density at radius 2 is 2.07 bits per heavy atom. The van der Waals surface area contributed by atoms with Crippen molar-refractivity contribution in [2.45, 2.75) is 6.10 Å². The van der Waals surface area contributed by atoms with Gasteiger partial charge in [0, 0.05) is 18.9 Å². The third-order valence-corrected chi connectivity index (χ3v) is 3.67. The van der Waals surface area contributed by atoms with E-state index in [4.69, 9.17) is 0 Å². The minimum absolute atomic E-state index is 0.229. The first-order valence-electron chi connectivity index (χ1n) is 8.00. The topological polar surface area (TPSA) is 109 Å². The van der Waals surface area contributed by atoms with Gasteiger partial charge in [0.2, 0.25) is 0 Å². The van der Waals surface area contributed by atoms with Gasteiger partial charge in [0.05, 0.1) is 18.0 Å². The van der Waals surface area contributed by atoms with Crippen LogP contribution in [0.5, 0.6) is 0 Å². The molecule has 3 aromatic rings. The highest BCUT2D eigenvalue weighted by Gasteiger charge is 2.16. The molecule has 2 amide bonds. The van der Waals surface area contributed by atoms with Gasteiger partial charge in [0.1, 0.15) is 18.0 Å². The monoisotopic (exact) mass is 369 g/mol. The van der Waals surface area contributed by atoms with E-state index < -0.39 is 23.7 Å². The van der Waals surface area contributed by atoms with Crippen molar-refractivity contribution in [3.63, 3.8) is 0 Å². The van der Waals surface area contributed by atoms with Crippen molar-refractivity contribution in [2.24, 2.45) is 0 Å². The molecule has 1 unspecified atom stereocenters. The summed E-state index contributed by atoms with van der Waals surface area (Å²) >= 11 is 0. The van der Waals surface area contributed by atoms with Gasteiger partial charge >= 0.3 is 11.8 Å². The van der Waals surface area contributed by atoms with Crippen LogP contribution in [-0.2, 0) is 9.59 Å². The molecule has 0 radical (unpaired) electrons. The molecule has 0 aliphatic heterocycles. The van der Waals surface area contributed by atoms with Crippen LogP contribution in [0.2, 0.25) is 0 Å². The molecule has 3 N–H and O–H groups in total. The number of aliphatic hydroxyl groups excluding tert-OH is 1. The van der Waals surface area contributed by atoms with Crippen molar-refractivity contribution in [1.82, 2.24) is 19.9 Å². The number of nitrogens with zero attached hydrogens (tertiary/aromatic N) is 3. The zero-order valence-corrected chi connectivity index (χ0v) is 14.0. The molecule has 9 heteroatoms. The number of carbonyl (C=O) groups is 2. The molecule has 0 spiro atoms. The predicted molar refractivity (Wildman–Crippen MR) is 94.4 cm³/mol. The largest absolute Gasteiger partial charge is 0.387 e. The number of hydrogen-bond donors (Lipinski definition) is 3. The van der Waals surface area contributed by atoms with E-state index in [2.05, 4.69) is 20.6 Å². The highest BCUT2D eigenvalue weighted by atomic mass is 19.1. The number of aliphatic hydroxyl groups is 1. The molecule has 0 saturated carbocycles. The maximum atomic E-state index is 13.1. The average Bonchev–Trinajstić information content (AvgIpc) is 3.21. The molecule has 0 aliphatic rings. The molecular weight excluding hydrogens is 353 g/mol. The zero-order valence-electron chi connectivity index (χ0n) is 14.0. The summed E-state index contributed by atoms with van der Waals surface area (Å²) < 4.78 is 14.8. The van der Waals surface area contributed by atoms with E-state index >= 15 is 0 Å². The zero-order chi connectivity index (χ0) is 19.2.